The fourth-order valence-corrected chi connectivity index (χ4v) is 3.02. The molecule has 0 aliphatic carbocycles. The molecule has 2 aromatic rings. The second-order valence-corrected chi connectivity index (χ2v) is 7.06. The highest BCUT2D eigenvalue weighted by molar-refractivity contribution is 5.89. The van der Waals surface area contributed by atoms with Crippen molar-refractivity contribution in [3.8, 4) is 5.75 Å². The molecule has 7 heteroatoms. The molecule has 2 N–H and O–H groups in total. The number of carbonyl (C=O) groups excluding carboxylic acids is 1. The Morgan fingerprint density at radius 3 is 2.48 bits per heavy atom. The zero-order chi connectivity index (χ0) is 19.8. The first kappa shape index (κ1) is 23.0. The van der Waals surface area contributed by atoms with Crippen LogP contribution in [0.25, 0.3) is 0 Å². The van der Waals surface area contributed by atoms with Gasteiger partial charge >= 0.3 is 6.03 Å². The molecule has 6 nitrogen and oxygen atoms in total. The number of nitrogens with zero attached hydrogens (tertiary/aromatic N) is 1. The van der Waals surface area contributed by atoms with Gasteiger partial charge < -0.3 is 20.1 Å². The summed E-state index contributed by atoms with van der Waals surface area (Å²) in [6, 6.07) is 13.7. The van der Waals surface area contributed by atoms with Gasteiger partial charge in [0.15, 0.2) is 0 Å². The number of anilines is 1. The van der Waals surface area contributed by atoms with Gasteiger partial charge in [0.2, 0.25) is 0 Å². The smallest absolute Gasteiger partial charge is 0.319 e. The predicted octanol–water partition coefficient (Wildman–Crippen LogP) is 3.76. The molecule has 29 heavy (non-hydrogen) atoms. The summed E-state index contributed by atoms with van der Waals surface area (Å²) in [4.78, 5) is 14.4. The molecule has 1 fully saturated rings. The number of benzene rings is 2. The van der Waals surface area contributed by atoms with Gasteiger partial charge in [0.05, 0.1) is 19.8 Å². The fourth-order valence-electron chi connectivity index (χ4n) is 3.02. The molecular weight excluding hydrogens is 390 g/mol. The number of hydrogen-bond acceptors (Lipinski definition) is 4. The van der Waals surface area contributed by atoms with Crippen LogP contribution in [0, 0.1) is 13.8 Å². The van der Waals surface area contributed by atoms with Crippen molar-refractivity contribution in [2.45, 2.75) is 20.4 Å². The lowest BCUT2D eigenvalue weighted by molar-refractivity contribution is 0.0342. The second-order valence-electron chi connectivity index (χ2n) is 7.06. The summed E-state index contributed by atoms with van der Waals surface area (Å²) in [6.07, 6.45) is 0. The second kappa shape index (κ2) is 11.7. The van der Waals surface area contributed by atoms with Gasteiger partial charge in [0, 0.05) is 25.3 Å². The SMILES string of the molecule is Cc1ccc(OCCNC(=O)Nc2ccc(CN3CCOCC3)cc2)cc1C.Cl. The highest BCUT2D eigenvalue weighted by Crippen LogP contribution is 2.16. The van der Waals surface area contributed by atoms with Crippen molar-refractivity contribution in [1.29, 1.82) is 0 Å². The molecule has 0 atom stereocenters. The van der Waals surface area contributed by atoms with E-state index in [0.29, 0.717) is 13.2 Å². The van der Waals surface area contributed by atoms with E-state index < -0.39 is 0 Å². The van der Waals surface area contributed by atoms with Gasteiger partial charge in [-0.05, 0) is 54.8 Å². The highest BCUT2D eigenvalue weighted by Gasteiger charge is 2.10. The third-order valence-corrected chi connectivity index (χ3v) is 4.86. The molecule has 0 saturated carbocycles. The lowest BCUT2D eigenvalue weighted by Gasteiger charge is -2.26. The predicted molar refractivity (Wildman–Crippen MR) is 118 cm³/mol. The summed E-state index contributed by atoms with van der Waals surface area (Å²) in [5.41, 5.74) is 4.44. The van der Waals surface area contributed by atoms with E-state index in [1.165, 1.54) is 16.7 Å². The van der Waals surface area contributed by atoms with Crippen LogP contribution in [0.2, 0.25) is 0 Å². The van der Waals surface area contributed by atoms with E-state index in [4.69, 9.17) is 9.47 Å². The quantitative estimate of drug-likeness (QED) is 0.671. The van der Waals surface area contributed by atoms with Gasteiger partial charge in [0.25, 0.3) is 0 Å². The maximum absolute atomic E-state index is 12.0. The van der Waals surface area contributed by atoms with Gasteiger partial charge in [-0.25, -0.2) is 4.79 Å². The minimum absolute atomic E-state index is 0. The monoisotopic (exact) mass is 419 g/mol. The zero-order valence-corrected chi connectivity index (χ0v) is 17.9. The maximum Gasteiger partial charge on any atom is 0.319 e. The van der Waals surface area contributed by atoms with E-state index in [0.717, 1.165) is 44.3 Å². The van der Waals surface area contributed by atoms with E-state index in [2.05, 4.69) is 29.4 Å². The van der Waals surface area contributed by atoms with Crippen molar-refractivity contribution in [2.24, 2.45) is 0 Å². The molecule has 2 aromatic carbocycles. The van der Waals surface area contributed by atoms with Crippen LogP contribution >= 0.6 is 12.4 Å². The van der Waals surface area contributed by atoms with Gasteiger partial charge in [-0.1, -0.05) is 18.2 Å². The summed E-state index contributed by atoms with van der Waals surface area (Å²) in [7, 11) is 0. The third kappa shape index (κ3) is 7.57. The van der Waals surface area contributed by atoms with Crippen molar-refractivity contribution < 1.29 is 14.3 Å². The molecule has 158 valence electrons. The number of morpholine rings is 1. The van der Waals surface area contributed by atoms with E-state index >= 15 is 0 Å². The largest absolute Gasteiger partial charge is 0.492 e. The summed E-state index contributed by atoms with van der Waals surface area (Å²) in [5, 5.41) is 5.66. The van der Waals surface area contributed by atoms with Crippen molar-refractivity contribution in [3.05, 3.63) is 59.2 Å². The first-order chi connectivity index (χ1) is 13.6. The lowest BCUT2D eigenvalue weighted by Crippen LogP contribution is -2.35. The molecule has 3 rings (SSSR count). The van der Waals surface area contributed by atoms with Crippen LogP contribution < -0.4 is 15.4 Å². The number of hydrogen-bond donors (Lipinski definition) is 2. The molecule has 0 aromatic heterocycles. The van der Waals surface area contributed by atoms with Crippen LogP contribution in [-0.4, -0.2) is 50.4 Å². The molecule has 1 heterocycles. The highest BCUT2D eigenvalue weighted by atomic mass is 35.5. The molecule has 1 saturated heterocycles. The molecular formula is C22H30ClN3O3. The Morgan fingerprint density at radius 1 is 1.07 bits per heavy atom. The van der Waals surface area contributed by atoms with Crippen LogP contribution in [0.5, 0.6) is 5.75 Å². The average Bonchev–Trinajstić information content (AvgIpc) is 2.70. The van der Waals surface area contributed by atoms with E-state index in [1.807, 2.05) is 42.5 Å². The number of nitrogens with one attached hydrogen (secondary N) is 2. The Kier molecular flexibility index (Phi) is 9.25. The third-order valence-electron chi connectivity index (χ3n) is 4.86. The minimum Gasteiger partial charge on any atom is -0.492 e. The zero-order valence-electron chi connectivity index (χ0n) is 17.1. The Balaban J connectivity index is 0.00000300. The standard InChI is InChI=1S/C22H29N3O3.ClH/c1-17-3-8-21(15-18(17)2)28-12-9-23-22(26)24-20-6-4-19(5-7-20)16-25-10-13-27-14-11-25;/h3-8,15H,9-14,16H2,1-2H3,(H2,23,24,26);1H. The van der Waals surface area contributed by atoms with Crippen molar-refractivity contribution in [1.82, 2.24) is 10.2 Å². The molecule has 1 aliphatic heterocycles. The first-order valence-corrected chi connectivity index (χ1v) is 9.74. The van der Waals surface area contributed by atoms with Crippen LogP contribution in [-0.2, 0) is 11.3 Å². The van der Waals surface area contributed by atoms with E-state index in [9.17, 15) is 4.79 Å². The van der Waals surface area contributed by atoms with Crippen molar-refractivity contribution in [3.63, 3.8) is 0 Å². The number of amides is 2. The summed E-state index contributed by atoms with van der Waals surface area (Å²) in [6.45, 7) is 9.42. The first-order valence-electron chi connectivity index (χ1n) is 9.74. The Hall–Kier alpha value is -2.28. The lowest BCUT2D eigenvalue weighted by atomic mass is 10.1. The normalized spacial score (nSPS) is 14.0. The van der Waals surface area contributed by atoms with Gasteiger partial charge in [-0.15, -0.1) is 12.4 Å². The van der Waals surface area contributed by atoms with Crippen LogP contribution in [0.3, 0.4) is 0 Å². The molecule has 2 amide bonds. The number of halogens is 1. The minimum atomic E-state index is -0.232. The fraction of sp³-hybridized carbons (Fsp3) is 0.409. The number of carbonyl (C=O) groups is 1. The Bertz CT molecular complexity index is 777. The van der Waals surface area contributed by atoms with E-state index in [-0.39, 0.29) is 18.4 Å². The number of ether oxygens (including phenoxy) is 2. The molecule has 0 spiro atoms. The summed E-state index contributed by atoms with van der Waals surface area (Å²) in [5.74, 6) is 0.821. The number of urea groups is 1. The van der Waals surface area contributed by atoms with Crippen LogP contribution in [0.1, 0.15) is 16.7 Å². The van der Waals surface area contributed by atoms with Crippen molar-refractivity contribution in [2.75, 3.05) is 44.8 Å². The summed E-state index contributed by atoms with van der Waals surface area (Å²) < 4.78 is 11.0. The molecule has 0 bridgehead atoms. The maximum atomic E-state index is 12.0. The van der Waals surface area contributed by atoms with E-state index in [1.54, 1.807) is 0 Å². The van der Waals surface area contributed by atoms with Gasteiger partial charge in [0.1, 0.15) is 12.4 Å². The topological polar surface area (TPSA) is 62.8 Å². The van der Waals surface area contributed by atoms with Crippen LogP contribution in [0.15, 0.2) is 42.5 Å². The molecule has 0 unspecified atom stereocenters. The van der Waals surface area contributed by atoms with Gasteiger partial charge in [-0.2, -0.15) is 0 Å². The van der Waals surface area contributed by atoms with Crippen LogP contribution in [0.4, 0.5) is 10.5 Å². The number of rotatable bonds is 7. The Labute approximate surface area is 179 Å². The Morgan fingerprint density at radius 2 is 1.79 bits per heavy atom. The van der Waals surface area contributed by atoms with Gasteiger partial charge in [-0.3, -0.25) is 4.90 Å². The summed E-state index contributed by atoms with van der Waals surface area (Å²) >= 11 is 0. The number of aryl methyl sites for hydroxylation is 2. The van der Waals surface area contributed by atoms with Crippen molar-refractivity contribution >= 4 is 24.1 Å². The molecule has 0 radical (unpaired) electrons. The average molecular weight is 420 g/mol. The molecule has 1 aliphatic rings.